The molecule has 0 unspecified atom stereocenters. The Balaban J connectivity index is 2.25. The van der Waals surface area contributed by atoms with Gasteiger partial charge in [0.25, 0.3) is 0 Å². The van der Waals surface area contributed by atoms with Gasteiger partial charge in [-0.2, -0.15) is 5.26 Å². The van der Waals surface area contributed by atoms with E-state index in [4.69, 9.17) is 11.0 Å². The van der Waals surface area contributed by atoms with E-state index in [1.165, 1.54) is 6.92 Å². The fourth-order valence-electron chi connectivity index (χ4n) is 1.73. The van der Waals surface area contributed by atoms with Crippen LogP contribution in [-0.4, -0.2) is 5.78 Å². The monoisotopic (exact) mass is 251 g/mol. The van der Waals surface area contributed by atoms with E-state index in [0.717, 1.165) is 11.4 Å². The molecule has 0 aliphatic rings. The smallest absolute Gasteiger partial charge is 0.161 e. The zero-order valence-corrected chi connectivity index (χ0v) is 10.5. The molecular weight excluding hydrogens is 238 g/mol. The van der Waals surface area contributed by atoms with Gasteiger partial charge < -0.3 is 11.1 Å². The number of hydrogen-bond donors (Lipinski definition) is 2. The summed E-state index contributed by atoms with van der Waals surface area (Å²) >= 11 is 0. The first kappa shape index (κ1) is 12.7. The summed E-state index contributed by atoms with van der Waals surface area (Å²) < 4.78 is 0. The van der Waals surface area contributed by atoms with Gasteiger partial charge in [-0.25, -0.2) is 0 Å². The van der Waals surface area contributed by atoms with Crippen molar-refractivity contribution in [2.24, 2.45) is 0 Å². The number of nitrogens with zero attached hydrogens (tertiary/aromatic N) is 1. The quantitative estimate of drug-likeness (QED) is 0.649. The summed E-state index contributed by atoms with van der Waals surface area (Å²) in [6.07, 6.45) is 0. The summed E-state index contributed by atoms with van der Waals surface area (Å²) in [5, 5.41) is 11.9. The normalized spacial score (nSPS) is 9.68. The van der Waals surface area contributed by atoms with Gasteiger partial charge in [0.1, 0.15) is 0 Å². The largest absolute Gasteiger partial charge is 0.398 e. The molecule has 0 spiro atoms. The highest BCUT2D eigenvalue weighted by molar-refractivity contribution is 6.00. The van der Waals surface area contributed by atoms with Crippen LogP contribution in [0, 0.1) is 11.3 Å². The zero-order valence-electron chi connectivity index (χ0n) is 10.5. The number of hydrogen-bond acceptors (Lipinski definition) is 4. The second-order valence-electron chi connectivity index (χ2n) is 4.17. The summed E-state index contributed by atoms with van der Waals surface area (Å²) in [5.41, 5.74) is 8.94. The summed E-state index contributed by atoms with van der Waals surface area (Å²) in [5.74, 6) is -0.0685. The topological polar surface area (TPSA) is 78.9 Å². The van der Waals surface area contributed by atoms with E-state index in [-0.39, 0.29) is 5.78 Å². The number of benzene rings is 2. The average molecular weight is 251 g/mol. The van der Waals surface area contributed by atoms with Crippen LogP contribution in [0.15, 0.2) is 42.5 Å². The Morgan fingerprint density at radius 2 is 1.79 bits per heavy atom. The molecule has 0 saturated heterocycles. The molecule has 0 aliphatic carbocycles. The van der Waals surface area contributed by atoms with Gasteiger partial charge in [0.05, 0.1) is 11.6 Å². The van der Waals surface area contributed by atoms with Crippen LogP contribution in [0.2, 0.25) is 0 Å². The molecule has 2 rings (SSSR count). The molecule has 0 amide bonds. The van der Waals surface area contributed by atoms with Crippen molar-refractivity contribution < 1.29 is 4.79 Å². The van der Waals surface area contributed by atoms with E-state index in [1.54, 1.807) is 30.3 Å². The van der Waals surface area contributed by atoms with Crippen molar-refractivity contribution in [1.29, 1.82) is 5.26 Å². The van der Waals surface area contributed by atoms with Crippen LogP contribution in [0.4, 0.5) is 17.1 Å². The van der Waals surface area contributed by atoms with Gasteiger partial charge in [-0.1, -0.05) is 0 Å². The Morgan fingerprint density at radius 3 is 2.37 bits per heavy atom. The standard InChI is InChI=1S/C15H13N3O/c1-10(19)14-8-13(6-7-15(14)17)18-12-4-2-11(9-16)3-5-12/h2-8,18H,17H2,1H3. The number of carbonyl (C=O) groups excluding carboxylic acids is 1. The maximum Gasteiger partial charge on any atom is 0.161 e. The molecule has 3 N–H and O–H groups in total. The SMILES string of the molecule is CC(=O)c1cc(Nc2ccc(C#N)cc2)ccc1N. The molecule has 0 aromatic heterocycles. The van der Waals surface area contributed by atoms with Crippen molar-refractivity contribution >= 4 is 22.8 Å². The highest BCUT2D eigenvalue weighted by atomic mass is 16.1. The Labute approximate surface area is 111 Å². The van der Waals surface area contributed by atoms with E-state index >= 15 is 0 Å². The summed E-state index contributed by atoms with van der Waals surface area (Å²) in [6, 6.07) is 14.4. The molecule has 0 atom stereocenters. The van der Waals surface area contributed by atoms with E-state index in [2.05, 4.69) is 11.4 Å². The van der Waals surface area contributed by atoms with E-state index in [0.29, 0.717) is 16.8 Å². The van der Waals surface area contributed by atoms with Crippen molar-refractivity contribution in [3.05, 3.63) is 53.6 Å². The third kappa shape index (κ3) is 2.90. The molecule has 4 heteroatoms. The maximum atomic E-state index is 11.4. The second-order valence-corrected chi connectivity index (χ2v) is 4.17. The molecule has 19 heavy (non-hydrogen) atoms. The first-order valence-corrected chi connectivity index (χ1v) is 5.78. The minimum absolute atomic E-state index is 0.0685. The van der Waals surface area contributed by atoms with E-state index < -0.39 is 0 Å². The Hall–Kier alpha value is -2.80. The second kappa shape index (κ2) is 5.23. The summed E-state index contributed by atoms with van der Waals surface area (Å²) in [4.78, 5) is 11.4. The fraction of sp³-hybridized carbons (Fsp3) is 0.0667. The number of nitrogen functional groups attached to an aromatic ring is 1. The maximum absolute atomic E-state index is 11.4. The van der Waals surface area contributed by atoms with Gasteiger partial charge in [0.2, 0.25) is 0 Å². The Bertz CT molecular complexity index is 654. The molecule has 0 saturated carbocycles. The highest BCUT2D eigenvalue weighted by Gasteiger charge is 2.06. The Morgan fingerprint density at radius 1 is 1.16 bits per heavy atom. The molecule has 0 heterocycles. The van der Waals surface area contributed by atoms with Crippen LogP contribution in [0.5, 0.6) is 0 Å². The first-order chi connectivity index (χ1) is 9.10. The van der Waals surface area contributed by atoms with Gasteiger partial charge in [-0.3, -0.25) is 4.79 Å². The minimum Gasteiger partial charge on any atom is -0.398 e. The number of ketones is 1. The van der Waals surface area contributed by atoms with Crippen molar-refractivity contribution in [1.82, 2.24) is 0 Å². The van der Waals surface area contributed by atoms with Gasteiger partial charge in [-0.05, 0) is 49.4 Å². The molecule has 2 aromatic carbocycles. The highest BCUT2D eigenvalue weighted by Crippen LogP contribution is 2.22. The van der Waals surface area contributed by atoms with E-state index in [9.17, 15) is 4.79 Å². The molecule has 0 bridgehead atoms. The molecular formula is C15H13N3O. The van der Waals surface area contributed by atoms with Crippen LogP contribution in [0.1, 0.15) is 22.8 Å². The molecule has 0 fully saturated rings. The van der Waals surface area contributed by atoms with Crippen molar-refractivity contribution in [2.75, 3.05) is 11.1 Å². The number of nitrogens with one attached hydrogen (secondary N) is 1. The number of anilines is 3. The van der Waals surface area contributed by atoms with Gasteiger partial charge in [-0.15, -0.1) is 0 Å². The first-order valence-electron chi connectivity index (χ1n) is 5.78. The number of rotatable bonds is 3. The van der Waals surface area contributed by atoms with Crippen LogP contribution >= 0.6 is 0 Å². The van der Waals surface area contributed by atoms with Crippen molar-refractivity contribution in [2.45, 2.75) is 6.92 Å². The Kier molecular flexibility index (Phi) is 3.48. The summed E-state index contributed by atoms with van der Waals surface area (Å²) in [6.45, 7) is 1.48. The van der Waals surface area contributed by atoms with Crippen LogP contribution in [-0.2, 0) is 0 Å². The van der Waals surface area contributed by atoms with Gasteiger partial charge >= 0.3 is 0 Å². The number of nitriles is 1. The lowest BCUT2D eigenvalue weighted by Crippen LogP contribution is -2.01. The predicted octanol–water partition coefficient (Wildman–Crippen LogP) is 3.09. The molecule has 94 valence electrons. The minimum atomic E-state index is -0.0685. The van der Waals surface area contributed by atoms with Gasteiger partial charge in [0, 0.05) is 22.6 Å². The lowest BCUT2D eigenvalue weighted by molar-refractivity contribution is 0.101. The van der Waals surface area contributed by atoms with Crippen LogP contribution in [0.3, 0.4) is 0 Å². The van der Waals surface area contributed by atoms with Crippen molar-refractivity contribution in [3.8, 4) is 6.07 Å². The number of carbonyl (C=O) groups is 1. The third-order valence-electron chi connectivity index (χ3n) is 2.74. The predicted molar refractivity (Wildman–Crippen MR) is 75.3 cm³/mol. The molecule has 2 aromatic rings. The molecule has 4 nitrogen and oxygen atoms in total. The number of nitrogens with two attached hydrogens (primary N) is 1. The van der Waals surface area contributed by atoms with Gasteiger partial charge in [0.15, 0.2) is 5.78 Å². The van der Waals surface area contributed by atoms with Crippen molar-refractivity contribution in [3.63, 3.8) is 0 Å². The van der Waals surface area contributed by atoms with Crippen LogP contribution in [0.25, 0.3) is 0 Å². The average Bonchev–Trinajstić information content (AvgIpc) is 2.41. The fourth-order valence-corrected chi connectivity index (χ4v) is 1.73. The van der Waals surface area contributed by atoms with Crippen LogP contribution < -0.4 is 11.1 Å². The third-order valence-corrected chi connectivity index (χ3v) is 2.74. The number of Topliss-reactive ketones (excluding diaryl/α,β-unsaturated/α-hetero) is 1. The van der Waals surface area contributed by atoms with E-state index in [1.807, 2.05) is 12.1 Å². The molecule has 0 aliphatic heterocycles. The lowest BCUT2D eigenvalue weighted by Gasteiger charge is -2.09. The zero-order chi connectivity index (χ0) is 13.8. The lowest BCUT2D eigenvalue weighted by atomic mass is 10.1. The summed E-state index contributed by atoms with van der Waals surface area (Å²) in [7, 11) is 0. The molecule has 0 radical (unpaired) electrons.